The normalized spacial score (nSPS) is 11.9. The van der Waals surface area contributed by atoms with E-state index in [0.717, 1.165) is 26.2 Å². The van der Waals surface area contributed by atoms with Gasteiger partial charge in [0.15, 0.2) is 0 Å². The Morgan fingerprint density at radius 2 is 1.75 bits per heavy atom. The van der Waals surface area contributed by atoms with Crippen LogP contribution >= 0.6 is 11.3 Å². The third kappa shape index (κ3) is 2.21. The monoisotopic (exact) mass is 281 g/mol. The summed E-state index contributed by atoms with van der Waals surface area (Å²) < 4.78 is 1.08. The predicted molar refractivity (Wildman–Crippen MR) is 86.1 cm³/mol. The third-order valence-corrected chi connectivity index (χ3v) is 4.31. The van der Waals surface area contributed by atoms with Crippen molar-refractivity contribution in [3.63, 3.8) is 0 Å². The van der Waals surface area contributed by atoms with E-state index in [1.165, 1.54) is 0 Å². The molecule has 0 aliphatic heterocycles. The van der Waals surface area contributed by atoms with Crippen LogP contribution in [0.3, 0.4) is 0 Å². The summed E-state index contributed by atoms with van der Waals surface area (Å²) in [5.74, 6) is 0.335. The summed E-state index contributed by atoms with van der Waals surface area (Å²) >= 11 is 1.59. The zero-order chi connectivity index (χ0) is 13.9. The molecular formula is C17H15NOS. The second-order valence-electron chi connectivity index (χ2n) is 4.46. The number of benzene rings is 2. The molecule has 2 nitrogen and oxygen atoms in total. The number of rotatable bonds is 3. The number of hydrogen-bond acceptors (Lipinski definition) is 3. The first kappa shape index (κ1) is 12.9. The highest BCUT2D eigenvalue weighted by atomic mass is 32.1. The van der Waals surface area contributed by atoms with E-state index in [-0.39, 0.29) is 0 Å². The lowest BCUT2D eigenvalue weighted by Crippen LogP contribution is -2.01. The first-order valence-electron chi connectivity index (χ1n) is 6.62. The zero-order valence-corrected chi connectivity index (χ0v) is 12.0. The zero-order valence-electron chi connectivity index (χ0n) is 11.2. The maximum atomic E-state index is 10.5. The van der Waals surface area contributed by atoms with Crippen molar-refractivity contribution < 1.29 is 5.11 Å². The van der Waals surface area contributed by atoms with Crippen molar-refractivity contribution in [3.05, 3.63) is 65.0 Å². The average Bonchev–Trinajstić information content (AvgIpc) is 2.83. The van der Waals surface area contributed by atoms with Gasteiger partial charge in [0.2, 0.25) is 0 Å². The van der Waals surface area contributed by atoms with Crippen molar-refractivity contribution in [3.8, 4) is 5.75 Å². The van der Waals surface area contributed by atoms with Crippen molar-refractivity contribution in [2.75, 3.05) is 6.54 Å². The van der Waals surface area contributed by atoms with Gasteiger partial charge in [0.25, 0.3) is 0 Å². The molecule has 1 aromatic heterocycles. The fourth-order valence-electron chi connectivity index (χ4n) is 2.24. The lowest BCUT2D eigenvalue weighted by Gasteiger charge is -2.05. The fourth-order valence-corrected chi connectivity index (χ4v) is 3.37. The molecule has 0 radical (unpaired) electrons. The van der Waals surface area contributed by atoms with E-state index in [0.29, 0.717) is 12.3 Å². The topological polar surface area (TPSA) is 32.6 Å². The molecule has 2 aromatic carbocycles. The fraction of sp³-hybridized carbons (Fsp3) is 0.118. The van der Waals surface area contributed by atoms with E-state index in [1.807, 2.05) is 61.5 Å². The number of hydrogen-bond donors (Lipinski definition) is 1. The van der Waals surface area contributed by atoms with Gasteiger partial charge in [-0.3, -0.25) is 4.99 Å². The summed E-state index contributed by atoms with van der Waals surface area (Å²) in [5, 5.41) is 11.4. The van der Waals surface area contributed by atoms with Crippen LogP contribution in [0.15, 0.2) is 59.6 Å². The first-order valence-corrected chi connectivity index (χ1v) is 7.43. The third-order valence-electron chi connectivity index (χ3n) is 3.15. The van der Waals surface area contributed by atoms with Crippen molar-refractivity contribution in [1.82, 2.24) is 0 Å². The molecule has 1 heterocycles. The van der Waals surface area contributed by atoms with Crippen LogP contribution in [0.25, 0.3) is 10.1 Å². The Balaban J connectivity index is 2.21. The van der Waals surface area contributed by atoms with Crippen LogP contribution in [-0.2, 0) is 0 Å². The highest BCUT2D eigenvalue weighted by molar-refractivity contribution is 7.21. The Hall–Kier alpha value is -2.13. The van der Waals surface area contributed by atoms with Gasteiger partial charge in [-0.05, 0) is 19.1 Å². The van der Waals surface area contributed by atoms with Crippen LogP contribution in [0, 0.1) is 0 Å². The second-order valence-corrected chi connectivity index (χ2v) is 5.52. The first-order chi connectivity index (χ1) is 9.81. The van der Waals surface area contributed by atoms with Crippen LogP contribution in [0.2, 0.25) is 0 Å². The number of aromatic hydroxyl groups is 1. The largest absolute Gasteiger partial charge is 0.506 e. The molecule has 0 unspecified atom stereocenters. The van der Waals surface area contributed by atoms with Crippen LogP contribution in [0.4, 0.5) is 0 Å². The summed E-state index contributed by atoms with van der Waals surface area (Å²) in [6, 6.07) is 17.9. The summed E-state index contributed by atoms with van der Waals surface area (Å²) in [6.45, 7) is 2.70. The smallest absolute Gasteiger partial charge is 0.143 e. The summed E-state index contributed by atoms with van der Waals surface area (Å²) in [7, 11) is 0. The van der Waals surface area contributed by atoms with Crippen LogP contribution < -0.4 is 0 Å². The van der Waals surface area contributed by atoms with E-state index >= 15 is 0 Å². The number of aliphatic imine (C=N–C) groups is 1. The summed E-state index contributed by atoms with van der Waals surface area (Å²) in [4.78, 5) is 5.43. The molecule has 20 heavy (non-hydrogen) atoms. The lowest BCUT2D eigenvalue weighted by atomic mass is 10.1. The minimum atomic E-state index is 0.335. The van der Waals surface area contributed by atoms with Crippen molar-refractivity contribution in [1.29, 1.82) is 0 Å². The van der Waals surface area contributed by atoms with Gasteiger partial charge in [-0.2, -0.15) is 0 Å². The van der Waals surface area contributed by atoms with Gasteiger partial charge in [0.05, 0.1) is 10.6 Å². The maximum Gasteiger partial charge on any atom is 0.143 e. The molecule has 0 atom stereocenters. The van der Waals surface area contributed by atoms with Crippen molar-refractivity contribution >= 4 is 27.1 Å². The van der Waals surface area contributed by atoms with Gasteiger partial charge in [-0.1, -0.05) is 42.5 Å². The standard InChI is InChI=1S/C17H15NOS/c1-2-18-15(12-8-4-3-5-9-12)17-16(19)13-10-6-7-11-14(13)20-17/h3-11,19H,2H2,1H3. The molecule has 0 aliphatic rings. The van der Waals surface area contributed by atoms with Crippen LogP contribution in [0.1, 0.15) is 17.4 Å². The number of thiophene rings is 1. The minimum Gasteiger partial charge on any atom is -0.506 e. The molecule has 3 aromatic rings. The van der Waals surface area contributed by atoms with Crippen LogP contribution in [-0.4, -0.2) is 17.4 Å². The molecule has 0 saturated carbocycles. The van der Waals surface area contributed by atoms with Gasteiger partial charge in [-0.25, -0.2) is 0 Å². The molecule has 0 spiro atoms. The Morgan fingerprint density at radius 3 is 2.45 bits per heavy atom. The van der Waals surface area contributed by atoms with Gasteiger partial charge >= 0.3 is 0 Å². The molecule has 3 rings (SSSR count). The second kappa shape index (κ2) is 5.47. The molecule has 0 bridgehead atoms. The van der Waals surface area contributed by atoms with Crippen molar-refractivity contribution in [2.45, 2.75) is 6.92 Å². The highest BCUT2D eigenvalue weighted by Gasteiger charge is 2.17. The predicted octanol–water partition coefficient (Wildman–Crippen LogP) is 4.46. The minimum absolute atomic E-state index is 0.335. The molecule has 100 valence electrons. The van der Waals surface area contributed by atoms with Gasteiger partial charge in [-0.15, -0.1) is 11.3 Å². The molecule has 0 aliphatic carbocycles. The van der Waals surface area contributed by atoms with E-state index < -0.39 is 0 Å². The van der Waals surface area contributed by atoms with Gasteiger partial charge in [0.1, 0.15) is 5.75 Å². The lowest BCUT2D eigenvalue weighted by molar-refractivity contribution is 0.483. The van der Waals surface area contributed by atoms with E-state index in [4.69, 9.17) is 0 Å². The Morgan fingerprint density at radius 1 is 1.05 bits per heavy atom. The van der Waals surface area contributed by atoms with E-state index in [9.17, 15) is 5.11 Å². The maximum absolute atomic E-state index is 10.5. The van der Waals surface area contributed by atoms with E-state index in [1.54, 1.807) is 11.3 Å². The summed E-state index contributed by atoms with van der Waals surface area (Å²) in [6.07, 6.45) is 0. The molecule has 0 fully saturated rings. The quantitative estimate of drug-likeness (QED) is 0.706. The number of fused-ring (bicyclic) bond motifs is 1. The summed E-state index contributed by atoms with van der Waals surface area (Å²) in [5.41, 5.74) is 1.91. The molecular weight excluding hydrogens is 266 g/mol. The van der Waals surface area contributed by atoms with Crippen LogP contribution in [0.5, 0.6) is 5.75 Å². The molecule has 1 N–H and O–H groups in total. The highest BCUT2D eigenvalue weighted by Crippen LogP contribution is 2.38. The van der Waals surface area contributed by atoms with Gasteiger partial charge < -0.3 is 5.11 Å². The van der Waals surface area contributed by atoms with Gasteiger partial charge in [0, 0.05) is 22.2 Å². The molecule has 3 heteroatoms. The Labute approximate surface area is 122 Å². The average molecular weight is 281 g/mol. The Kier molecular flexibility index (Phi) is 3.52. The SMILES string of the molecule is CCN=C(c1ccccc1)c1sc2ccccc2c1O. The number of nitrogens with zero attached hydrogens (tertiary/aromatic N) is 1. The molecule has 0 saturated heterocycles. The Bertz CT molecular complexity index is 759. The van der Waals surface area contributed by atoms with E-state index in [2.05, 4.69) is 4.99 Å². The van der Waals surface area contributed by atoms with Crippen molar-refractivity contribution in [2.24, 2.45) is 4.99 Å². The molecule has 0 amide bonds.